The van der Waals surface area contributed by atoms with Crippen LogP contribution < -0.4 is 11.1 Å². The van der Waals surface area contributed by atoms with Crippen LogP contribution in [0.1, 0.15) is 35.7 Å². The minimum Gasteiger partial charge on any atom is -0.368 e. The Kier molecular flexibility index (Phi) is 6.77. The van der Waals surface area contributed by atoms with Gasteiger partial charge in [0.2, 0.25) is 0 Å². The van der Waals surface area contributed by atoms with Gasteiger partial charge in [0, 0.05) is 37.4 Å². The van der Waals surface area contributed by atoms with E-state index in [-0.39, 0.29) is 17.6 Å². The Balaban J connectivity index is 1.32. The fourth-order valence-electron chi connectivity index (χ4n) is 4.84. The molecular weight excluding hydrogens is 404 g/mol. The van der Waals surface area contributed by atoms with Crippen molar-refractivity contribution in [3.8, 4) is 0 Å². The van der Waals surface area contributed by atoms with Crippen molar-refractivity contribution in [3.05, 3.63) is 65.7 Å². The fourth-order valence-corrected chi connectivity index (χ4v) is 4.84. The molecule has 2 aliphatic heterocycles. The number of urea groups is 1. The maximum Gasteiger partial charge on any atom is 0.316 e. The van der Waals surface area contributed by atoms with Crippen LogP contribution in [0.3, 0.4) is 0 Å². The highest BCUT2D eigenvalue weighted by molar-refractivity contribution is 5.94. The summed E-state index contributed by atoms with van der Waals surface area (Å²) in [4.78, 5) is 28.5. The summed E-state index contributed by atoms with van der Waals surface area (Å²) in [5, 5.41) is 2.63. The van der Waals surface area contributed by atoms with Crippen LogP contribution in [0.4, 0.5) is 10.5 Å². The molecule has 2 aliphatic rings. The van der Waals surface area contributed by atoms with Crippen LogP contribution in [-0.2, 0) is 11.2 Å². The molecule has 7 nitrogen and oxygen atoms in total. The van der Waals surface area contributed by atoms with Crippen LogP contribution in [0.15, 0.2) is 54.6 Å². The number of nitrogens with two attached hydrogens (primary N) is 1. The summed E-state index contributed by atoms with van der Waals surface area (Å²) in [5.41, 5.74) is 7.58. The van der Waals surface area contributed by atoms with Crippen molar-refractivity contribution >= 4 is 17.6 Å². The topological polar surface area (TPSA) is 87.9 Å². The molecule has 2 fully saturated rings. The van der Waals surface area contributed by atoms with E-state index in [4.69, 9.17) is 10.5 Å². The maximum absolute atomic E-state index is 13.0. The van der Waals surface area contributed by atoms with Gasteiger partial charge >= 0.3 is 6.03 Å². The van der Waals surface area contributed by atoms with E-state index < -0.39 is 6.03 Å². The zero-order valence-corrected chi connectivity index (χ0v) is 18.6. The average Bonchev–Trinajstić information content (AvgIpc) is 2.78. The van der Waals surface area contributed by atoms with Gasteiger partial charge in [0.15, 0.2) is 0 Å². The number of morpholine rings is 1. The Morgan fingerprint density at radius 2 is 1.88 bits per heavy atom. The lowest BCUT2D eigenvalue weighted by Crippen LogP contribution is -2.60. The average molecular weight is 437 g/mol. The number of anilines is 1. The number of ether oxygens (including phenoxy) is 1. The first kappa shape index (κ1) is 22.3. The van der Waals surface area contributed by atoms with Gasteiger partial charge in [-0.1, -0.05) is 30.3 Å². The number of piperidine rings is 1. The van der Waals surface area contributed by atoms with Gasteiger partial charge in [0.05, 0.1) is 18.2 Å². The fraction of sp³-hybridized carbons (Fsp3) is 0.440. The molecule has 3 N–H and O–H groups in total. The molecule has 1 spiro atoms. The number of nitrogens with zero attached hydrogens (tertiary/aromatic N) is 2. The van der Waals surface area contributed by atoms with Crippen LogP contribution in [0, 0.1) is 0 Å². The number of amides is 3. The lowest BCUT2D eigenvalue weighted by Gasteiger charge is -2.49. The monoisotopic (exact) mass is 436 g/mol. The molecule has 0 bridgehead atoms. The van der Waals surface area contributed by atoms with Crippen molar-refractivity contribution in [2.75, 3.05) is 38.0 Å². The highest BCUT2D eigenvalue weighted by atomic mass is 16.5. The number of rotatable bonds is 5. The Hall–Kier alpha value is -2.90. The molecule has 0 aliphatic carbocycles. The minimum atomic E-state index is -0.551. The predicted molar refractivity (Wildman–Crippen MR) is 125 cm³/mol. The number of hydrogen-bond acceptors (Lipinski definition) is 4. The molecule has 4 rings (SSSR count). The second kappa shape index (κ2) is 9.71. The quantitative estimate of drug-likeness (QED) is 0.754. The molecule has 32 heavy (non-hydrogen) atoms. The van der Waals surface area contributed by atoms with E-state index in [9.17, 15) is 9.59 Å². The van der Waals surface area contributed by atoms with Gasteiger partial charge in [-0.15, -0.1) is 0 Å². The third-order valence-corrected chi connectivity index (χ3v) is 6.39. The third-order valence-electron chi connectivity index (χ3n) is 6.39. The lowest BCUT2D eigenvalue weighted by atomic mass is 9.88. The summed E-state index contributed by atoms with van der Waals surface area (Å²) in [6.45, 7) is 6.18. The van der Waals surface area contributed by atoms with Crippen LogP contribution in [0.5, 0.6) is 0 Å². The van der Waals surface area contributed by atoms with Crippen molar-refractivity contribution in [2.45, 2.75) is 37.9 Å². The molecule has 7 heteroatoms. The summed E-state index contributed by atoms with van der Waals surface area (Å²) in [6.07, 6.45) is 2.76. The normalized spacial score (nSPS) is 20.8. The van der Waals surface area contributed by atoms with E-state index in [1.165, 1.54) is 5.56 Å². The minimum absolute atomic E-state index is 0.0310. The standard InChI is InChI=1S/C25H32N4O3/c1-19-17-29(23(30)21-7-3-2-4-8-21)18-25(32-19)11-14-28(15-12-25)13-10-20-6-5-9-22(16-20)27-24(26)31/h2-9,16,19H,10-15,17-18H2,1H3,(H3,26,27,31). The SMILES string of the molecule is CC1CN(C(=O)c2ccccc2)CC2(CCN(CCc3cccc(NC(N)=O)c3)CC2)O1. The van der Waals surface area contributed by atoms with Crippen LogP contribution in [0.2, 0.25) is 0 Å². The van der Waals surface area contributed by atoms with Gasteiger partial charge in [-0.3, -0.25) is 4.79 Å². The Bertz CT molecular complexity index is 941. The first-order valence-corrected chi connectivity index (χ1v) is 11.3. The van der Waals surface area contributed by atoms with Gasteiger partial charge in [0.25, 0.3) is 5.91 Å². The number of nitrogens with one attached hydrogen (secondary N) is 1. The molecular formula is C25H32N4O3. The molecule has 1 unspecified atom stereocenters. The van der Waals surface area contributed by atoms with E-state index in [0.717, 1.165) is 50.1 Å². The van der Waals surface area contributed by atoms with E-state index in [1.54, 1.807) is 0 Å². The molecule has 2 saturated heterocycles. The smallest absolute Gasteiger partial charge is 0.316 e. The second-order valence-corrected chi connectivity index (χ2v) is 8.94. The summed E-state index contributed by atoms with van der Waals surface area (Å²) in [7, 11) is 0. The van der Waals surface area contributed by atoms with E-state index in [0.29, 0.717) is 13.1 Å². The molecule has 170 valence electrons. The molecule has 0 saturated carbocycles. The van der Waals surface area contributed by atoms with E-state index in [2.05, 4.69) is 23.2 Å². The Morgan fingerprint density at radius 3 is 2.59 bits per heavy atom. The van der Waals surface area contributed by atoms with Gasteiger partial charge in [-0.2, -0.15) is 0 Å². The number of primary amides is 1. The summed E-state index contributed by atoms with van der Waals surface area (Å²) >= 11 is 0. The molecule has 2 aromatic rings. The summed E-state index contributed by atoms with van der Waals surface area (Å²) in [5.74, 6) is 0.0898. The number of carbonyl (C=O) groups is 2. The Labute approximate surface area is 189 Å². The number of likely N-dealkylation sites (tertiary alicyclic amines) is 1. The van der Waals surface area contributed by atoms with Crippen molar-refractivity contribution in [1.29, 1.82) is 0 Å². The van der Waals surface area contributed by atoms with Gasteiger partial charge in [-0.25, -0.2) is 4.79 Å². The third kappa shape index (κ3) is 5.47. The number of hydrogen-bond donors (Lipinski definition) is 2. The predicted octanol–water partition coefficient (Wildman–Crippen LogP) is 3.12. The van der Waals surface area contributed by atoms with Crippen LogP contribution in [0.25, 0.3) is 0 Å². The largest absolute Gasteiger partial charge is 0.368 e. The van der Waals surface area contributed by atoms with Crippen molar-refractivity contribution in [1.82, 2.24) is 9.80 Å². The molecule has 2 aromatic carbocycles. The highest BCUT2D eigenvalue weighted by Crippen LogP contribution is 2.33. The first-order chi connectivity index (χ1) is 15.4. The van der Waals surface area contributed by atoms with Gasteiger partial charge in [0.1, 0.15) is 0 Å². The van der Waals surface area contributed by atoms with Crippen LogP contribution in [-0.4, -0.2) is 66.2 Å². The summed E-state index contributed by atoms with van der Waals surface area (Å²) in [6, 6.07) is 16.8. The molecule has 3 amide bonds. The molecule has 1 atom stereocenters. The number of benzene rings is 2. The van der Waals surface area contributed by atoms with Gasteiger partial charge in [-0.05, 0) is 56.0 Å². The molecule has 0 radical (unpaired) electrons. The highest BCUT2D eigenvalue weighted by Gasteiger charge is 2.43. The van der Waals surface area contributed by atoms with Crippen molar-refractivity contribution < 1.29 is 14.3 Å². The van der Waals surface area contributed by atoms with Crippen molar-refractivity contribution in [2.24, 2.45) is 5.73 Å². The Morgan fingerprint density at radius 1 is 1.12 bits per heavy atom. The zero-order valence-electron chi connectivity index (χ0n) is 18.6. The summed E-state index contributed by atoms with van der Waals surface area (Å²) < 4.78 is 6.42. The van der Waals surface area contributed by atoms with E-state index in [1.807, 2.05) is 53.4 Å². The molecule has 2 heterocycles. The first-order valence-electron chi connectivity index (χ1n) is 11.3. The molecule has 0 aromatic heterocycles. The zero-order chi connectivity index (χ0) is 22.6. The van der Waals surface area contributed by atoms with Gasteiger partial charge < -0.3 is 25.6 Å². The number of carbonyl (C=O) groups excluding carboxylic acids is 2. The lowest BCUT2D eigenvalue weighted by molar-refractivity contribution is -0.161. The maximum atomic E-state index is 13.0. The van der Waals surface area contributed by atoms with E-state index >= 15 is 0 Å². The van der Waals surface area contributed by atoms with Crippen LogP contribution >= 0.6 is 0 Å². The van der Waals surface area contributed by atoms with Crippen molar-refractivity contribution in [3.63, 3.8) is 0 Å². The second-order valence-electron chi connectivity index (χ2n) is 8.94.